The van der Waals surface area contributed by atoms with Crippen LogP contribution >= 0.6 is 15.9 Å². The average Bonchev–Trinajstić information content (AvgIpc) is 2.10. The fourth-order valence-corrected chi connectivity index (χ4v) is 1.71. The molecule has 0 spiro atoms. The van der Waals surface area contributed by atoms with Crippen LogP contribution in [-0.2, 0) is 0 Å². The van der Waals surface area contributed by atoms with Crippen molar-refractivity contribution in [2.24, 2.45) is 5.73 Å². The molecular weight excluding hydrogens is 230 g/mol. The lowest BCUT2D eigenvalue weighted by molar-refractivity contribution is 0.100. The molecule has 2 nitrogen and oxygen atoms in total. The molecule has 2 N–H and O–H groups in total. The second kappa shape index (κ2) is 4.03. The Kier molecular flexibility index (Phi) is 3.22. The molecule has 0 unspecified atom stereocenters. The fourth-order valence-electron chi connectivity index (χ4n) is 1.26. The number of benzene rings is 1. The van der Waals surface area contributed by atoms with Gasteiger partial charge in [0.1, 0.15) is 0 Å². The quantitative estimate of drug-likeness (QED) is 0.808. The van der Waals surface area contributed by atoms with E-state index in [2.05, 4.69) is 15.9 Å². The topological polar surface area (TPSA) is 43.1 Å². The molecule has 0 aliphatic rings. The van der Waals surface area contributed by atoms with Gasteiger partial charge in [0.2, 0.25) is 0 Å². The summed E-state index contributed by atoms with van der Waals surface area (Å²) in [5, 5.41) is 0. The van der Waals surface area contributed by atoms with Crippen molar-refractivity contribution in [3.63, 3.8) is 0 Å². The Balaban J connectivity index is 3.28. The van der Waals surface area contributed by atoms with E-state index >= 15 is 0 Å². The highest BCUT2D eigenvalue weighted by Crippen LogP contribution is 2.23. The third-order valence-electron chi connectivity index (χ3n) is 1.88. The van der Waals surface area contributed by atoms with Gasteiger partial charge in [-0.2, -0.15) is 0 Å². The zero-order chi connectivity index (χ0) is 10.0. The summed E-state index contributed by atoms with van der Waals surface area (Å²) in [5.74, 6) is -0.0290. The van der Waals surface area contributed by atoms with Crippen molar-refractivity contribution in [3.05, 3.63) is 33.3 Å². The Hall–Kier alpha value is -0.670. The van der Waals surface area contributed by atoms with E-state index in [1.165, 1.54) is 0 Å². The molecule has 1 rings (SSSR count). The lowest BCUT2D eigenvalue weighted by Crippen LogP contribution is -2.14. The molecule has 0 radical (unpaired) electrons. The molecule has 0 saturated carbocycles. The molecule has 0 heterocycles. The van der Waals surface area contributed by atoms with Crippen LogP contribution in [0, 0.1) is 13.8 Å². The number of ketones is 1. The second-order valence-corrected chi connectivity index (χ2v) is 3.86. The van der Waals surface area contributed by atoms with Gasteiger partial charge in [-0.15, -0.1) is 0 Å². The number of aryl methyl sites for hydroxylation is 2. The van der Waals surface area contributed by atoms with Crippen molar-refractivity contribution in [2.45, 2.75) is 13.8 Å². The van der Waals surface area contributed by atoms with Gasteiger partial charge in [0.15, 0.2) is 5.78 Å². The van der Waals surface area contributed by atoms with E-state index in [1.54, 1.807) is 0 Å². The SMILES string of the molecule is Cc1cc(C)c(Br)c(C(=O)CN)c1. The number of halogens is 1. The summed E-state index contributed by atoms with van der Waals surface area (Å²) in [6, 6.07) is 3.88. The van der Waals surface area contributed by atoms with Crippen LogP contribution < -0.4 is 5.73 Å². The van der Waals surface area contributed by atoms with Gasteiger partial charge in [0.05, 0.1) is 6.54 Å². The Morgan fingerprint density at radius 2 is 2.08 bits per heavy atom. The van der Waals surface area contributed by atoms with Crippen LogP contribution in [-0.4, -0.2) is 12.3 Å². The van der Waals surface area contributed by atoms with Crippen molar-refractivity contribution in [1.29, 1.82) is 0 Å². The predicted octanol–water partition coefficient (Wildman–Crippen LogP) is 2.21. The average molecular weight is 242 g/mol. The molecule has 0 aromatic heterocycles. The highest BCUT2D eigenvalue weighted by atomic mass is 79.9. The van der Waals surface area contributed by atoms with Crippen LogP contribution in [0.15, 0.2) is 16.6 Å². The van der Waals surface area contributed by atoms with Gasteiger partial charge in [-0.1, -0.05) is 11.6 Å². The first-order valence-electron chi connectivity index (χ1n) is 4.06. The van der Waals surface area contributed by atoms with E-state index in [-0.39, 0.29) is 12.3 Å². The Morgan fingerprint density at radius 3 is 2.62 bits per heavy atom. The number of hydrogen-bond donors (Lipinski definition) is 1. The van der Waals surface area contributed by atoms with Crippen molar-refractivity contribution >= 4 is 21.7 Å². The minimum Gasteiger partial charge on any atom is -0.324 e. The number of nitrogens with two attached hydrogens (primary N) is 1. The fraction of sp³-hybridized carbons (Fsp3) is 0.300. The van der Waals surface area contributed by atoms with E-state index < -0.39 is 0 Å². The van der Waals surface area contributed by atoms with Gasteiger partial charge in [0.25, 0.3) is 0 Å². The summed E-state index contributed by atoms with van der Waals surface area (Å²) in [5.41, 5.74) is 8.13. The van der Waals surface area contributed by atoms with Gasteiger partial charge in [-0.25, -0.2) is 0 Å². The van der Waals surface area contributed by atoms with Gasteiger partial charge in [-0.3, -0.25) is 4.79 Å². The summed E-state index contributed by atoms with van der Waals surface area (Å²) in [6.07, 6.45) is 0. The van der Waals surface area contributed by atoms with Crippen molar-refractivity contribution in [3.8, 4) is 0 Å². The molecule has 3 heteroatoms. The van der Waals surface area contributed by atoms with E-state index in [0.717, 1.165) is 15.6 Å². The molecule has 1 aromatic rings. The third kappa shape index (κ3) is 2.17. The van der Waals surface area contributed by atoms with Crippen LogP contribution in [0.25, 0.3) is 0 Å². The normalized spacial score (nSPS) is 10.2. The standard InChI is InChI=1S/C10H12BrNO/c1-6-3-7(2)10(11)8(4-6)9(13)5-12/h3-4H,5,12H2,1-2H3. The maximum atomic E-state index is 11.4. The maximum absolute atomic E-state index is 11.4. The zero-order valence-electron chi connectivity index (χ0n) is 7.73. The molecular formula is C10H12BrNO. The summed E-state index contributed by atoms with van der Waals surface area (Å²) < 4.78 is 0.855. The van der Waals surface area contributed by atoms with Gasteiger partial charge < -0.3 is 5.73 Å². The Labute approximate surface area is 86.3 Å². The number of carbonyl (C=O) groups excluding carboxylic acids is 1. The molecule has 0 atom stereocenters. The highest BCUT2D eigenvalue weighted by molar-refractivity contribution is 9.10. The van der Waals surface area contributed by atoms with Crippen molar-refractivity contribution in [2.75, 3.05) is 6.54 Å². The van der Waals surface area contributed by atoms with Crippen LogP contribution in [0.1, 0.15) is 21.5 Å². The third-order valence-corrected chi connectivity index (χ3v) is 2.94. The van der Waals surface area contributed by atoms with Gasteiger partial charge >= 0.3 is 0 Å². The first kappa shape index (κ1) is 10.4. The number of hydrogen-bond acceptors (Lipinski definition) is 2. The summed E-state index contributed by atoms with van der Waals surface area (Å²) in [7, 11) is 0. The Bertz CT molecular complexity index is 347. The molecule has 13 heavy (non-hydrogen) atoms. The number of rotatable bonds is 2. The second-order valence-electron chi connectivity index (χ2n) is 3.07. The van der Waals surface area contributed by atoms with E-state index in [0.29, 0.717) is 5.56 Å². The molecule has 70 valence electrons. The van der Waals surface area contributed by atoms with Crippen molar-refractivity contribution < 1.29 is 4.79 Å². The Morgan fingerprint density at radius 1 is 1.46 bits per heavy atom. The minimum atomic E-state index is -0.0290. The van der Waals surface area contributed by atoms with Crippen LogP contribution in [0.4, 0.5) is 0 Å². The molecule has 0 amide bonds. The number of carbonyl (C=O) groups is 1. The first-order valence-corrected chi connectivity index (χ1v) is 4.85. The summed E-state index contributed by atoms with van der Waals surface area (Å²) >= 11 is 3.38. The predicted molar refractivity (Wildman–Crippen MR) is 57.0 cm³/mol. The van der Waals surface area contributed by atoms with Gasteiger partial charge in [0, 0.05) is 10.0 Å². The lowest BCUT2D eigenvalue weighted by atomic mass is 10.0. The smallest absolute Gasteiger partial charge is 0.177 e. The largest absolute Gasteiger partial charge is 0.324 e. The van der Waals surface area contributed by atoms with Gasteiger partial charge in [-0.05, 0) is 41.4 Å². The molecule has 0 saturated heterocycles. The monoisotopic (exact) mass is 241 g/mol. The lowest BCUT2D eigenvalue weighted by Gasteiger charge is -2.06. The summed E-state index contributed by atoms with van der Waals surface area (Å²) in [4.78, 5) is 11.4. The van der Waals surface area contributed by atoms with E-state index in [1.807, 2.05) is 26.0 Å². The molecule has 0 bridgehead atoms. The van der Waals surface area contributed by atoms with Crippen molar-refractivity contribution in [1.82, 2.24) is 0 Å². The number of Topliss-reactive ketones (excluding diaryl/α,β-unsaturated/α-hetero) is 1. The molecule has 0 aliphatic heterocycles. The molecule has 0 aliphatic carbocycles. The minimum absolute atomic E-state index is 0.0290. The first-order chi connectivity index (χ1) is 6.06. The molecule has 0 fully saturated rings. The molecule has 1 aromatic carbocycles. The van der Waals surface area contributed by atoms with E-state index in [4.69, 9.17) is 5.73 Å². The highest BCUT2D eigenvalue weighted by Gasteiger charge is 2.10. The maximum Gasteiger partial charge on any atom is 0.177 e. The van der Waals surface area contributed by atoms with Crippen LogP contribution in [0.5, 0.6) is 0 Å². The van der Waals surface area contributed by atoms with E-state index in [9.17, 15) is 4.79 Å². The van der Waals surface area contributed by atoms with Crippen LogP contribution in [0.2, 0.25) is 0 Å². The zero-order valence-corrected chi connectivity index (χ0v) is 9.31. The van der Waals surface area contributed by atoms with Crippen LogP contribution in [0.3, 0.4) is 0 Å². The summed E-state index contributed by atoms with van der Waals surface area (Å²) in [6.45, 7) is 3.98.